The molecule has 0 saturated carbocycles. The monoisotopic (exact) mass is 451 g/mol. The molecule has 8 heteroatoms. The van der Waals surface area contributed by atoms with Gasteiger partial charge in [-0.2, -0.15) is 0 Å². The van der Waals surface area contributed by atoms with E-state index < -0.39 is 6.36 Å². The first-order chi connectivity index (χ1) is 15.2. The minimum absolute atomic E-state index is 0.114. The van der Waals surface area contributed by atoms with Crippen LogP contribution in [0.1, 0.15) is 60.5 Å². The van der Waals surface area contributed by atoms with Crippen LogP contribution in [0.4, 0.5) is 13.2 Å². The molecule has 5 nitrogen and oxygen atoms in total. The molecular formula is C24H28F3NO4. The van der Waals surface area contributed by atoms with E-state index >= 15 is 0 Å². The highest BCUT2D eigenvalue weighted by atomic mass is 19.4. The average molecular weight is 451 g/mol. The van der Waals surface area contributed by atoms with Crippen LogP contribution in [-0.2, 0) is 16.0 Å². The van der Waals surface area contributed by atoms with E-state index in [4.69, 9.17) is 4.74 Å². The first-order valence-corrected chi connectivity index (χ1v) is 10.6. The third kappa shape index (κ3) is 8.61. The predicted molar refractivity (Wildman–Crippen MR) is 115 cm³/mol. The van der Waals surface area contributed by atoms with Crippen LogP contribution < -0.4 is 10.1 Å². The number of halogens is 3. The highest BCUT2D eigenvalue weighted by Crippen LogP contribution is 2.28. The molecule has 0 aliphatic heterocycles. The van der Waals surface area contributed by atoms with Crippen LogP contribution in [0.2, 0.25) is 0 Å². The van der Waals surface area contributed by atoms with Crippen LogP contribution in [0.5, 0.6) is 5.75 Å². The Kier molecular flexibility index (Phi) is 9.56. The molecule has 1 amide bonds. The second kappa shape index (κ2) is 12.1. The van der Waals surface area contributed by atoms with E-state index in [-0.39, 0.29) is 36.5 Å². The number of carbonyl (C=O) groups excluding carboxylic acids is 2. The van der Waals surface area contributed by atoms with Crippen LogP contribution in [-0.4, -0.2) is 31.4 Å². The minimum atomic E-state index is -4.71. The molecule has 0 heterocycles. The summed E-state index contributed by atoms with van der Waals surface area (Å²) >= 11 is 0. The zero-order chi connectivity index (χ0) is 23.6. The summed E-state index contributed by atoms with van der Waals surface area (Å²) in [6, 6.07) is 13.1. The molecule has 0 saturated heterocycles. The highest BCUT2D eigenvalue weighted by Gasteiger charge is 2.31. The third-order valence-corrected chi connectivity index (χ3v) is 4.84. The molecule has 0 aliphatic rings. The summed E-state index contributed by atoms with van der Waals surface area (Å²) in [5.74, 6) is -0.710. The van der Waals surface area contributed by atoms with Crippen molar-refractivity contribution in [3.63, 3.8) is 0 Å². The first kappa shape index (κ1) is 25.2. The molecule has 32 heavy (non-hydrogen) atoms. The van der Waals surface area contributed by atoms with Gasteiger partial charge in [0, 0.05) is 12.1 Å². The van der Waals surface area contributed by atoms with E-state index in [1.807, 2.05) is 12.1 Å². The van der Waals surface area contributed by atoms with Gasteiger partial charge < -0.3 is 14.8 Å². The normalized spacial score (nSPS) is 12.2. The maximum Gasteiger partial charge on any atom is 0.573 e. The highest BCUT2D eigenvalue weighted by molar-refractivity contribution is 5.94. The number of alkyl halides is 3. The van der Waals surface area contributed by atoms with Gasteiger partial charge >= 0.3 is 12.3 Å². The van der Waals surface area contributed by atoms with Crippen molar-refractivity contribution in [3.8, 4) is 5.75 Å². The van der Waals surface area contributed by atoms with E-state index in [1.165, 1.54) is 12.1 Å². The van der Waals surface area contributed by atoms with Gasteiger partial charge in [0.15, 0.2) is 0 Å². The number of hydrogen-bond donors (Lipinski definition) is 1. The number of nitrogens with one attached hydrogen (secondary N) is 1. The largest absolute Gasteiger partial charge is 0.573 e. The third-order valence-electron chi connectivity index (χ3n) is 4.84. The Morgan fingerprint density at radius 1 is 1.00 bits per heavy atom. The molecule has 0 aromatic heterocycles. The van der Waals surface area contributed by atoms with Crippen molar-refractivity contribution < 1.29 is 32.2 Å². The van der Waals surface area contributed by atoms with E-state index in [0.717, 1.165) is 24.0 Å². The maximum atomic E-state index is 12.3. The second-order valence-electron chi connectivity index (χ2n) is 7.31. The van der Waals surface area contributed by atoms with E-state index in [0.29, 0.717) is 18.6 Å². The molecular weight excluding hydrogens is 423 g/mol. The van der Waals surface area contributed by atoms with Gasteiger partial charge in [-0.1, -0.05) is 37.6 Å². The fraction of sp³-hybridized carbons (Fsp3) is 0.417. The van der Waals surface area contributed by atoms with Gasteiger partial charge in [0.05, 0.1) is 13.0 Å². The zero-order valence-corrected chi connectivity index (χ0v) is 18.2. The number of rotatable bonds is 11. The van der Waals surface area contributed by atoms with Gasteiger partial charge in [-0.05, 0) is 61.1 Å². The van der Waals surface area contributed by atoms with E-state index in [1.54, 1.807) is 31.2 Å². The summed E-state index contributed by atoms with van der Waals surface area (Å²) in [7, 11) is 0. The Morgan fingerprint density at radius 3 is 2.22 bits per heavy atom. The van der Waals surface area contributed by atoms with Crippen LogP contribution >= 0.6 is 0 Å². The molecule has 1 N–H and O–H groups in total. The number of benzene rings is 2. The maximum absolute atomic E-state index is 12.3. The van der Waals surface area contributed by atoms with Gasteiger partial charge in [-0.15, -0.1) is 13.2 Å². The standard InChI is InChI=1S/C24H28F3NO4/c1-3-5-20(16-17-6-12-21(13-7-17)32-24(25,26)27)18-8-10-19(11-9-18)23(30)28-15-14-22(29)31-4-2/h6-13,20H,3-5,14-16H2,1-2H3,(H,28,30)/t20-/m1/s1. The van der Waals surface area contributed by atoms with Gasteiger partial charge in [-0.3, -0.25) is 9.59 Å². The second-order valence-corrected chi connectivity index (χ2v) is 7.31. The van der Waals surface area contributed by atoms with Crippen molar-refractivity contribution in [2.24, 2.45) is 0 Å². The summed E-state index contributed by atoms with van der Waals surface area (Å²) in [6.07, 6.45) is -2.10. The summed E-state index contributed by atoms with van der Waals surface area (Å²) in [5, 5.41) is 2.69. The van der Waals surface area contributed by atoms with Crippen molar-refractivity contribution in [3.05, 3.63) is 65.2 Å². The SMILES string of the molecule is CCC[C@H](Cc1ccc(OC(F)(F)F)cc1)c1ccc(C(=O)NCCC(=O)OCC)cc1. The Balaban J connectivity index is 1.98. The average Bonchev–Trinajstić information content (AvgIpc) is 2.74. The minimum Gasteiger partial charge on any atom is -0.466 e. The Labute approximate surface area is 185 Å². The van der Waals surface area contributed by atoms with E-state index in [2.05, 4.69) is 17.0 Å². The van der Waals surface area contributed by atoms with Gasteiger partial charge in [0.25, 0.3) is 5.91 Å². The number of ether oxygens (including phenoxy) is 2. The fourth-order valence-electron chi connectivity index (χ4n) is 3.37. The molecule has 0 radical (unpaired) electrons. The van der Waals surface area contributed by atoms with E-state index in [9.17, 15) is 22.8 Å². The quantitative estimate of drug-likeness (QED) is 0.465. The van der Waals surface area contributed by atoms with Crippen molar-refractivity contribution in [1.29, 1.82) is 0 Å². The predicted octanol–water partition coefficient (Wildman–Crippen LogP) is 5.39. The molecule has 0 bridgehead atoms. The lowest BCUT2D eigenvalue weighted by molar-refractivity contribution is -0.274. The van der Waals surface area contributed by atoms with Crippen molar-refractivity contribution >= 4 is 11.9 Å². The number of hydrogen-bond acceptors (Lipinski definition) is 4. The molecule has 2 aromatic carbocycles. The van der Waals surface area contributed by atoms with Crippen molar-refractivity contribution in [2.45, 2.75) is 51.8 Å². The zero-order valence-electron chi connectivity index (χ0n) is 18.2. The molecule has 0 spiro atoms. The van der Waals surface area contributed by atoms with Crippen LogP contribution in [0.15, 0.2) is 48.5 Å². The van der Waals surface area contributed by atoms with Gasteiger partial charge in [0.1, 0.15) is 5.75 Å². The Hall–Kier alpha value is -3.03. The lowest BCUT2D eigenvalue weighted by atomic mass is 9.88. The van der Waals surface area contributed by atoms with Gasteiger partial charge in [0.2, 0.25) is 0 Å². The summed E-state index contributed by atoms with van der Waals surface area (Å²) in [5.41, 5.74) is 2.44. The number of esters is 1. The lowest BCUT2D eigenvalue weighted by Crippen LogP contribution is -2.26. The molecule has 0 unspecified atom stereocenters. The molecule has 2 aromatic rings. The van der Waals surface area contributed by atoms with Gasteiger partial charge in [-0.25, -0.2) is 0 Å². The molecule has 0 fully saturated rings. The topological polar surface area (TPSA) is 64.6 Å². The number of amides is 1. The Bertz CT molecular complexity index is 864. The smallest absolute Gasteiger partial charge is 0.466 e. The first-order valence-electron chi connectivity index (χ1n) is 10.6. The van der Waals surface area contributed by atoms with Crippen LogP contribution in [0.25, 0.3) is 0 Å². The summed E-state index contributed by atoms with van der Waals surface area (Å²) < 4.78 is 45.7. The Morgan fingerprint density at radius 2 is 1.66 bits per heavy atom. The number of carbonyl (C=O) groups is 2. The molecule has 2 rings (SSSR count). The fourth-order valence-corrected chi connectivity index (χ4v) is 3.37. The molecule has 174 valence electrons. The van der Waals surface area contributed by atoms with Crippen molar-refractivity contribution in [1.82, 2.24) is 5.32 Å². The molecule has 1 atom stereocenters. The summed E-state index contributed by atoms with van der Waals surface area (Å²) in [6.45, 7) is 4.30. The molecule has 0 aliphatic carbocycles. The van der Waals surface area contributed by atoms with Crippen molar-refractivity contribution in [2.75, 3.05) is 13.2 Å². The summed E-state index contributed by atoms with van der Waals surface area (Å²) in [4.78, 5) is 23.6. The van der Waals surface area contributed by atoms with Crippen LogP contribution in [0, 0.1) is 0 Å². The lowest BCUT2D eigenvalue weighted by Gasteiger charge is -2.18. The van der Waals surface area contributed by atoms with Crippen LogP contribution in [0.3, 0.4) is 0 Å².